The largest absolute Gasteiger partial charge is 0.418 e. The number of halogens is 5. The molecule has 0 bridgehead atoms. The van der Waals surface area contributed by atoms with E-state index in [4.69, 9.17) is 23.2 Å². The molecule has 38 heavy (non-hydrogen) atoms. The van der Waals surface area contributed by atoms with Crippen molar-refractivity contribution in [2.45, 2.75) is 40.1 Å². The Labute approximate surface area is 228 Å². The average Bonchev–Trinajstić information content (AvgIpc) is 3.19. The molecule has 0 aromatic heterocycles. The van der Waals surface area contributed by atoms with Gasteiger partial charge in [0.2, 0.25) is 0 Å². The molecule has 1 N–H and O–H groups in total. The van der Waals surface area contributed by atoms with Crippen molar-refractivity contribution in [1.29, 1.82) is 0 Å². The Morgan fingerprint density at radius 1 is 0.974 bits per heavy atom. The molecular formula is C25H18Cl2F3N3O4S. The summed E-state index contributed by atoms with van der Waals surface area (Å²) >= 11 is 14.7. The van der Waals surface area contributed by atoms with Gasteiger partial charge in [-0.3, -0.25) is 20.2 Å². The zero-order valence-electron chi connectivity index (χ0n) is 19.2. The van der Waals surface area contributed by atoms with Gasteiger partial charge in [-0.05, 0) is 41.7 Å². The average molecular weight is 584 g/mol. The molecule has 0 spiro atoms. The Bertz CT molecular complexity index is 1420. The van der Waals surface area contributed by atoms with Gasteiger partial charge in [0.25, 0.3) is 11.4 Å². The summed E-state index contributed by atoms with van der Waals surface area (Å²) in [5.74, 6) is -0.948. The first-order valence-electron chi connectivity index (χ1n) is 11.4. The summed E-state index contributed by atoms with van der Waals surface area (Å²) in [7, 11) is 0. The third kappa shape index (κ3) is 4.67. The first kappa shape index (κ1) is 26.6. The lowest BCUT2D eigenvalue weighted by molar-refractivity contribution is -0.387. The van der Waals surface area contributed by atoms with Crippen LogP contribution in [0.25, 0.3) is 0 Å². The molecule has 13 heteroatoms. The van der Waals surface area contributed by atoms with Crippen molar-refractivity contribution in [2.24, 2.45) is 5.92 Å². The van der Waals surface area contributed by atoms with E-state index in [1.807, 2.05) is 0 Å². The molecule has 5 atom stereocenters. The number of nitro benzene ring substituents is 2. The summed E-state index contributed by atoms with van der Waals surface area (Å²) < 4.78 is 42.1. The molecule has 0 radical (unpaired) electrons. The smallest absolute Gasteiger partial charge is 0.377 e. The maximum absolute atomic E-state index is 14.0. The fourth-order valence-electron chi connectivity index (χ4n) is 5.42. The van der Waals surface area contributed by atoms with Crippen LogP contribution in [0.15, 0.2) is 65.6 Å². The van der Waals surface area contributed by atoms with Crippen molar-refractivity contribution in [1.82, 2.24) is 0 Å². The highest BCUT2D eigenvalue weighted by Crippen LogP contribution is 2.60. The van der Waals surface area contributed by atoms with Crippen LogP contribution in [0, 0.1) is 26.1 Å². The first-order valence-corrected chi connectivity index (χ1v) is 13.1. The Kier molecular flexibility index (Phi) is 6.95. The lowest BCUT2D eigenvalue weighted by Gasteiger charge is -2.40. The number of fused-ring (bicyclic) bond motifs is 3. The van der Waals surface area contributed by atoms with E-state index in [0.717, 1.165) is 6.07 Å². The molecule has 1 aliphatic heterocycles. The standard InChI is InChI=1S/C25H18Cl2F3N3O4S/c26-16-10-9-15(25(28,29)30)24-21(16)20-14(23(31-24)12-5-7-13(8-6-12)32(34)35)11-19(22(20)27)38-18-4-2-1-3-17(18)33(36)37/h1-10,14,19-20,22-23,31H,11H2. The van der Waals surface area contributed by atoms with Gasteiger partial charge < -0.3 is 5.32 Å². The minimum atomic E-state index is -4.67. The second-order valence-corrected chi connectivity index (χ2v) is 11.3. The number of nitro groups is 2. The lowest BCUT2D eigenvalue weighted by atomic mass is 9.76. The molecule has 2 aliphatic rings. The van der Waals surface area contributed by atoms with Crippen molar-refractivity contribution in [2.75, 3.05) is 5.32 Å². The molecule has 1 aliphatic carbocycles. The quantitative estimate of drug-likeness (QED) is 0.184. The predicted octanol–water partition coefficient (Wildman–Crippen LogP) is 8.21. The number of nitrogens with one attached hydrogen (secondary N) is 1. The first-order chi connectivity index (χ1) is 18.0. The highest BCUT2D eigenvalue weighted by molar-refractivity contribution is 8.00. The topological polar surface area (TPSA) is 98.3 Å². The van der Waals surface area contributed by atoms with Gasteiger partial charge in [-0.25, -0.2) is 0 Å². The Hall–Kier alpha value is -3.02. The van der Waals surface area contributed by atoms with Gasteiger partial charge in [-0.2, -0.15) is 13.2 Å². The molecule has 3 aromatic rings. The van der Waals surface area contributed by atoms with Crippen molar-refractivity contribution in [3.8, 4) is 0 Å². The van der Waals surface area contributed by atoms with Crippen LogP contribution in [0.2, 0.25) is 5.02 Å². The number of nitrogens with zero attached hydrogens (tertiary/aromatic N) is 2. The summed E-state index contributed by atoms with van der Waals surface area (Å²) in [6, 6.07) is 13.3. The Morgan fingerprint density at radius 2 is 1.66 bits per heavy atom. The van der Waals surface area contributed by atoms with E-state index in [1.54, 1.807) is 18.2 Å². The number of thioether (sulfide) groups is 1. The maximum Gasteiger partial charge on any atom is 0.418 e. The summed E-state index contributed by atoms with van der Waals surface area (Å²) in [6.07, 6.45) is -4.26. The predicted molar refractivity (Wildman–Crippen MR) is 139 cm³/mol. The van der Waals surface area contributed by atoms with Crippen LogP contribution < -0.4 is 5.32 Å². The van der Waals surface area contributed by atoms with Crippen molar-refractivity contribution in [3.05, 3.63) is 103 Å². The SMILES string of the molecule is O=[N+]([O-])c1ccc(C2Nc3c(C(F)(F)F)ccc(Cl)c3C3C(Cl)C(Sc4ccccc4[N+](=O)[O-])CC23)cc1. The Balaban J connectivity index is 1.61. The van der Waals surface area contributed by atoms with Crippen LogP contribution in [0.5, 0.6) is 0 Å². The van der Waals surface area contributed by atoms with Crippen molar-refractivity contribution in [3.63, 3.8) is 0 Å². The lowest BCUT2D eigenvalue weighted by Crippen LogP contribution is -2.33. The van der Waals surface area contributed by atoms with E-state index >= 15 is 0 Å². The fraction of sp³-hybridized carbons (Fsp3) is 0.280. The summed E-state index contributed by atoms with van der Waals surface area (Å²) in [4.78, 5) is 22.1. The maximum atomic E-state index is 14.0. The fourth-order valence-corrected chi connectivity index (χ4v) is 7.64. The minimum Gasteiger partial charge on any atom is -0.377 e. The van der Waals surface area contributed by atoms with Gasteiger partial charge in [0, 0.05) is 34.4 Å². The second-order valence-electron chi connectivity index (χ2n) is 9.10. The van der Waals surface area contributed by atoms with E-state index in [2.05, 4.69) is 5.32 Å². The molecule has 7 nitrogen and oxygen atoms in total. The number of benzene rings is 3. The third-order valence-corrected chi connectivity index (χ3v) is 9.47. The zero-order chi connectivity index (χ0) is 27.4. The van der Waals surface area contributed by atoms with Gasteiger partial charge in [-0.1, -0.05) is 35.9 Å². The summed E-state index contributed by atoms with van der Waals surface area (Å²) in [6.45, 7) is 0. The molecule has 1 saturated carbocycles. The summed E-state index contributed by atoms with van der Waals surface area (Å²) in [5, 5.41) is 24.8. The Morgan fingerprint density at radius 3 is 2.29 bits per heavy atom. The van der Waals surface area contributed by atoms with Crippen molar-refractivity contribution < 1.29 is 23.0 Å². The molecule has 0 saturated heterocycles. The number of non-ortho nitro benzene ring substituents is 1. The molecule has 1 heterocycles. The number of para-hydroxylation sites is 1. The molecular weight excluding hydrogens is 566 g/mol. The zero-order valence-corrected chi connectivity index (χ0v) is 21.5. The molecule has 1 fully saturated rings. The molecule has 198 valence electrons. The molecule has 3 aromatic carbocycles. The van der Waals surface area contributed by atoms with E-state index in [0.29, 0.717) is 16.9 Å². The monoisotopic (exact) mass is 583 g/mol. The highest BCUT2D eigenvalue weighted by atomic mass is 35.5. The van der Waals surface area contributed by atoms with E-state index in [-0.39, 0.29) is 38.8 Å². The van der Waals surface area contributed by atoms with E-state index in [9.17, 15) is 33.4 Å². The van der Waals surface area contributed by atoms with Crippen LogP contribution in [-0.4, -0.2) is 20.5 Å². The molecule has 0 amide bonds. The van der Waals surface area contributed by atoms with Gasteiger partial charge in [0.05, 0.1) is 37.4 Å². The minimum absolute atomic E-state index is 0.0842. The van der Waals surface area contributed by atoms with E-state index in [1.165, 1.54) is 48.2 Å². The van der Waals surface area contributed by atoms with Gasteiger partial charge in [0.15, 0.2) is 0 Å². The van der Waals surface area contributed by atoms with Crippen molar-refractivity contribution >= 4 is 52.0 Å². The van der Waals surface area contributed by atoms with Crippen LogP contribution in [0.1, 0.15) is 35.1 Å². The van der Waals surface area contributed by atoms with Gasteiger partial charge >= 0.3 is 6.18 Å². The number of hydrogen-bond donors (Lipinski definition) is 1. The summed E-state index contributed by atoms with van der Waals surface area (Å²) in [5.41, 5.74) is -0.469. The number of anilines is 1. The number of alkyl halides is 4. The number of rotatable bonds is 5. The number of hydrogen-bond acceptors (Lipinski definition) is 6. The van der Waals surface area contributed by atoms with Gasteiger partial charge in [0.1, 0.15) is 0 Å². The highest BCUT2D eigenvalue weighted by Gasteiger charge is 2.53. The second kappa shape index (κ2) is 9.94. The molecule has 5 rings (SSSR count). The van der Waals surface area contributed by atoms with Gasteiger partial charge in [-0.15, -0.1) is 23.4 Å². The third-order valence-electron chi connectivity index (χ3n) is 7.03. The normalized spacial score (nSPS) is 24.3. The van der Waals surface area contributed by atoms with Crippen LogP contribution in [-0.2, 0) is 6.18 Å². The van der Waals surface area contributed by atoms with Crippen LogP contribution in [0.4, 0.5) is 30.2 Å². The van der Waals surface area contributed by atoms with Crippen LogP contribution >= 0.6 is 35.0 Å². The van der Waals surface area contributed by atoms with E-state index < -0.39 is 38.9 Å². The van der Waals surface area contributed by atoms with Crippen LogP contribution in [0.3, 0.4) is 0 Å². The molecule has 5 unspecified atom stereocenters.